The van der Waals surface area contributed by atoms with Gasteiger partial charge in [-0.25, -0.2) is 0 Å². The number of aryl methyl sites for hydroxylation is 1. The van der Waals surface area contributed by atoms with Gasteiger partial charge in [-0.1, -0.05) is 30.3 Å². The molecule has 5 heteroatoms. The van der Waals surface area contributed by atoms with E-state index in [4.69, 9.17) is 9.47 Å². The van der Waals surface area contributed by atoms with Crippen LogP contribution in [-0.4, -0.2) is 23.0 Å². The Bertz CT molecular complexity index is 874. The van der Waals surface area contributed by atoms with Crippen LogP contribution in [0, 0.1) is 0 Å². The Morgan fingerprint density at radius 3 is 2.65 bits per heavy atom. The molecule has 1 aliphatic heterocycles. The summed E-state index contributed by atoms with van der Waals surface area (Å²) < 4.78 is 13.4. The largest absolute Gasteiger partial charge is 0.490 e. The molecule has 0 unspecified atom stereocenters. The van der Waals surface area contributed by atoms with Crippen LogP contribution in [0.15, 0.2) is 54.7 Å². The van der Waals surface area contributed by atoms with Gasteiger partial charge in [0, 0.05) is 43.9 Å². The Morgan fingerprint density at radius 1 is 1.00 bits per heavy atom. The van der Waals surface area contributed by atoms with Crippen molar-refractivity contribution in [3.63, 3.8) is 0 Å². The van der Waals surface area contributed by atoms with Gasteiger partial charge >= 0.3 is 0 Å². The zero-order chi connectivity index (χ0) is 17.8. The highest BCUT2D eigenvalue weighted by Gasteiger charge is 2.15. The predicted molar refractivity (Wildman–Crippen MR) is 101 cm³/mol. The van der Waals surface area contributed by atoms with E-state index in [-0.39, 0.29) is 0 Å². The lowest BCUT2D eigenvalue weighted by atomic mass is 10.1. The summed E-state index contributed by atoms with van der Waals surface area (Å²) >= 11 is 0. The van der Waals surface area contributed by atoms with Crippen LogP contribution in [0.25, 0.3) is 11.3 Å². The van der Waals surface area contributed by atoms with Gasteiger partial charge < -0.3 is 14.8 Å². The third kappa shape index (κ3) is 3.73. The number of benzene rings is 2. The van der Waals surface area contributed by atoms with Crippen LogP contribution in [0.4, 0.5) is 0 Å². The molecule has 2 aromatic carbocycles. The van der Waals surface area contributed by atoms with Crippen LogP contribution >= 0.6 is 0 Å². The number of hydrogen-bond acceptors (Lipinski definition) is 4. The highest BCUT2D eigenvalue weighted by molar-refractivity contribution is 5.66. The first-order valence-electron chi connectivity index (χ1n) is 8.97. The summed E-state index contributed by atoms with van der Waals surface area (Å²) in [5.41, 5.74) is 4.46. The second-order valence-electron chi connectivity index (χ2n) is 6.48. The van der Waals surface area contributed by atoms with Crippen LogP contribution in [-0.2, 0) is 20.1 Å². The molecule has 0 saturated carbocycles. The van der Waals surface area contributed by atoms with Gasteiger partial charge in [0.1, 0.15) is 0 Å². The van der Waals surface area contributed by atoms with Crippen molar-refractivity contribution in [3.05, 3.63) is 65.9 Å². The lowest BCUT2D eigenvalue weighted by Gasteiger charge is -2.10. The van der Waals surface area contributed by atoms with E-state index in [1.165, 1.54) is 5.56 Å². The number of ether oxygens (including phenoxy) is 2. The lowest BCUT2D eigenvalue weighted by molar-refractivity contribution is 0.297. The second kappa shape index (κ2) is 7.62. The maximum absolute atomic E-state index is 5.82. The van der Waals surface area contributed by atoms with E-state index in [1.54, 1.807) is 0 Å². The molecule has 3 aromatic rings. The van der Waals surface area contributed by atoms with Crippen molar-refractivity contribution < 1.29 is 9.47 Å². The molecule has 0 amide bonds. The fraction of sp³-hybridized carbons (Fsp3) is 0.286. The van der Waals surface area contributed by atoms with Gasteiger partial charge in [-0.15, -0.1) is 0 Å². The Hall–Kier alpha value is -2.79. The molecule has 2 heterocycles. The molecule has 0 saturated heterocycles. The average Bonchev–Trinajstić information content (AvgIpc) is 2.88. The number of aromatic nitrogens is 2. The molecule has 0 aliphatic carbocycles. The topological polar surface area (TPSA) is 48.3 Å². The van der Waals surface area contributed by atoms with Crippen molar-refractivity contribution in [2.75, 3.05) is 13.2 Å². The lowest BCUT2D eigenvalue weighted by Crippen LogP contribution is -2.12. The standard InChI is InChI=1S/C21H23N3O2/c1-24-15-18(14-22-13-16-6-3-2-4-7-16)21(23-24)17-8-9-19-20(12-17)26-11-5-10-25-19/h2-4,6-9,12,15,22H,5,10-11,13-14H2,1H3. The van der Waals surface area contributed by atoms with Crippen molar-refractivity contribution in [2.45, 2.75) is 19.5 Å². The Kier molecular flexibility index (Phi) is 4.88. The van der Waals surface area contributed by atoms with Gasteiger partial charge in [-0.05, 0) is 23.8 Å². The minimum Gasteiger partial charge on any atom is -0.490 e. The molecule has 0 spiro atoms. The van der Waals surface area contributed by atoms with Crippen molar-refractivity contribution >= 4 is 0 Å². The number of hydrogen-bond donors (Lipinski definition) is 1. The molecule has 1 N–H and O–H groups in total. The first-order valence-corrected chi connectivity index (χ1v) is 8.97. The van der Waals surface area contributed by atoms with E-state index in [2.05, 4.69) is 46.9 Å². The van der Waals surface area contributed by atoms with Gasteiger partial charge in [-0.3, -0.25) is 4.68 Å². The van der Waals surface area contributed by atoms with Crippen molar-refractivity contribution in [1.29, 1.82) is 0 Å². The van der Waals surface area contributed by atoms with Gasteiger partial charge in [-0.2, -0.15) is 5.10 Å². The molecule has 5 nitrogen and oxygen atoms in total. The van der Waals surface area contributed by atoms with E-state index in [0.29, 0.717) is 13.2 Å². The molecule has 0 atom stereocenters. The Labute approximate surface area is 153 Å². The maximum atomic E-state index is 5.82. The van der Waals surface area contributed by atoms with Crippen molar-refractivity contribution in [2.24, 2.45) is 7.05 Å². The molecule has 0 fully saturated rings. The molecular weight excluding hydrogens is 326 g/mol. The van der Waals surface area contributed by atoms with Gasteiger partial charge in [0.05, 0.1) is 18.9 Å². The van der Waals surface area contributed by atoms with Crippen LogP contribution < -0.4 is 14.8 Å². The summed E-state index contributed by atoms with van der Waals surface area (Å²) in [5.74, 6) is 1.61. The molecule has 1 aliphatic rings. The second-order valence-corrected chi connectivity index (χ2v) is 6.48. The Balaban J connectivity index is 1.53. The molecule has 26 heavy (non-hydrogen) atoms. The normalized spacial score (nSPS) is 13.4. The monoisotopic (exact) mass is 349 g/mol. The SMILES string of the molecule is Cn1cc(CNCc2ccccc2)c(-c2ccc3c(c2)OCCCO3)n1. The third-order valence-electron chi connectivity index (χ3n) is 4.41. The number of nitrogens with one attached hydrogen (secondary N) is 1. The molecule has 0 bridgehead atoms. The van der Waals surface area contributed by atoms with E-state index in [1.807, 2.05) is 29.9 Å². The highest BCUT2D eigenvalue weighted by atomic mass is 16.5. The number of rotatable bonds is 5. The fourth-order valence-electron chi connectivity index (χ4n) is 3.16. The van der Waals surface area contributed by atoms with Crippen LogP contribution in [0.1, 0.15) is 17.5 Å². The van der Waals surface area contributed by atoms with Crippen LogP contribution in [0.2, 0.25) is 0 Å². The highest BCUT2D eigenvalue weighted by Crippen LogP contribution is 2.34. The van der Waals surface area contributed by atoms with E-state index in [9.17, 15) is 0 Å². The summed E-state index contributed by atoms with van der Waals surface area (Å²) in [5, 5.41) is 8.16. The molecule has 0 radical (unpaired) electrons. The Morgan fingerprint density at radius 2 is 1.81 bits per heavy atom. The minimum atomic E-state index is 0.685. The summed E-state index contributed by atoms with van der Waals surface area (Å²) in [4.78, 5) is 0. The van der Waals surface area contributed by atoms with E-state index >= 15 is 0 Å². The third-order valence-corrected chi connectivity index (χ3v) is 4.41. The minimum absolute atomic E-state index is 0.685. The first kappa shape index (κ1) is 16.7. The number of nitrogens with zero attached hydrogens (tertiary/aromatic N) is 2. The van der Waals surface area contributed by atoms with Crippen molar-refractivity contribution in [3.8, 4) is 22.8 Å². The van der Waals surface area contributed by atoms with Crippen LogP contribution in [0.3, 0.4) is 0 Å². The zero-order valence-corrected chi connectivity index (χ0v) is 14.9. The van der Waals surface area contributed by atoms with E-state index in [0.717, 1.165) is 47.8 Å². The van der Waals surface area contributed by atoms with E-state index < -0.39 is 0 Å². The van der Waals surface area contributed by atoms with Crippen molar-refractivity contribution in [1.82, 2.24) is 15.1 Å². The average molecular weight is 349 g/mol. The quantitative estimate of drug-likeness (QED) is 0.765. The summed E-state index contributed by atoms with van der Waals surface area (Å²) in [6.07, 6.45) is 2.97. The first-order chi connectivity index (χ1) is 12.8. The maximum Gasteiger partial charge on any atom is 0.161 e. The van der Waals surface area contributed by atoms with Gasteiger partial charge in [0.15, 0.2) is 11.5 Å². The summed E-state index contributed by atoms with van der Waals surface area (Å²) in [7, 11) is 1.95. The molecular formula is C21H23N3O2. The zero-order valence-electron chi connectivity index (χ0n) is 14.9. The number of fused-ring (bicyclic) bond motifs is 1. The predicted octanol–water partition coefficient (Wildman–Crippen LogP) is 3.54. The summed E-state index contributed by atoms with van der Waals surface area (Å²) in [6.45, 7) is 2.97. The molecule has 4 rings (SSSR count). The van der Waals surface area contributed by atoms with Crippen LogP contribution in [0.5, 0.6) is 11.5 Å². The fourth-order valence-corrected chi connectivity index (χ4v) is 3.16. The molecule has 134 valence electrons. The molecule has 1 aromatic heterocycles. The van der Waals surface area contributed by atoms with Gasteiger partial charge in [0.25, 0.3) is 0 Å². The van der Waals surface area contributed by atoms with Gasteiger partial charge in [0.2, 0.25) is 0 Å². The smallest absolute Gasteiger partial charge is 0.161 e. The summed E-state index contributed by atoms with van der Waals surface area (Å²) in [6, 6.07) is 16.5.